The Bertz CT molecular complexity index is 783. The SMILES string of the molecule is O=C(O)c1ccc(C(=O)NCc2cc3ccccc3[nH]2)o1. The molecule has 1 amide bonds. The molecule has 0 unspecified atom stereocenters. The van der Waals surface area contributed by atoms with E-state index in [0.717, 1.165) is 16.6 Å². The highest BCUT2D eigenvalue weighted by Crippen LogP contribution is 2.14. The summed E-state index contributed by atoms with van der Waals surface area (Å²) in [5, 5.41) is 12.5. The summed E-state index contributed by atoms with van der Waals surface area (Å²) < 4.78 is 4.93. The summed E-state index contributed by atoms with van der Waals surface area (Å²) in [6.07, 6.45) is 0. The largest absolute Gasteiger partial charge is 0.475 e. The van der Waals surface area contributed by atoms with E-state index in [1.54, 1.807) is 0 Å². The molecule has 2 heterocycles. The Morgan fingerprint density at radius 1 is 1.14 bits per heavy atom. The average Bonchev–Trinajstić information content (AvgIpc) is 3.11. The van der Waals surface area contributed by atoms with Crippen molar-refractivity contribution in [2.24, 2.45) is 0 Å². The first-order valence-corrected chi connectivity index (χ1v) is 6.31. The van der Waals surface area contributed by atoms with Crippen molar-refractivity contribution in [1.29, 1.82) is 0 Å². The van der Waals surface area contributed by atoms with E-state index in [9.17, 15) is 9.59 Å². The summed E-state index contributed by atoms with van der Waals surface area (Å²) in [5.74, 6) is -1.94. The van der Waals surface area contributed by atoms with Gasteiger partial charge in [-0.25, -0.2) is 4.79 Å². The monoisotopic (exact) mass is 284 g/mol. The van der Waals surface area contributed by atoms with Crippen LogP contribution in [0, 0.1) is 0 Å². The van der Waals surface area contributed by atoms with Crippen LogP contribution in [0.4, 0.5) is 0 Å². The van der Waals surface area contributed by atoms with Crippen LogP contribution < -0.4 is 5.32 Å². The van der Waals surface area contributed by atoms with Gasteiger partial charge in [-0.1, -0.05) is 18.2 Å². The van der Waals surface area contributed by atoms with Gasteiger partial charge in [0.15, 0.2) is 5.76 Å². The molecule has 0 saturated carbocycles. The Labute approximate surface area is 119 Å². The third-order valence-corrected chi connectivity index (χ3v) is 3.07. The lowest BCUT2D eigenvalue weighted by Crippen LogP contribution is -2.22. The van der Waals surface area contributed by atoms with Gasteiger partial charge in [0.05, 0.1) is 6.54 Å². The molecule has 0 saturated heterocycles. The summed E-state index contributed by atoms with van der Waals surface area (Å²) >= 11 is 0. The standard InChI is InChI=1S/C15H12N2O4/c18-14(12-5-6-13(21-12)15(19)20)16-8-10-7-9-3-1-2-4-11(9)17-10/h1-7,17H,8H2,(H,16,18)(H,19,20). The molecule has 0 aliphatic carbocycles. The topological polar surface area (TPSA) is 95.3 Å². The molecule has 106 valence electrons. The summed E-state index contributed by atoms with van der Waals surface area (Å²) in [4.78, 5) is 25.7. The third kappa shape index (κ3) is 2.64. The predicted octanol–water partition coefficient (Wildman–Crippen LogP) is 2.39. The number of para-hydroxylation sites is 1. The number of carbonyl (C=O) groups is 2. The van der Waals surface area contributed by atoms with E-state index in [-0.39, 0.29) is 11.5 Å². The quantitative estimate of drug-likeness (QED) is 0.685. The summed E-state index contributed by atoms with van der Waals surface area (Å²) in [6.45, 7) is 0.302. The van der Waals surface area contributed by atoms with Crippen molar-refractivity contribution in [3.8, 4) is 0 Å². The fraction of sp³-hybridized carbons (Fsp3) is 0.0667. The van der Waals surface area contributed by atoms with Gasteiger partial charge in [0.1, 0.15) is 0 Å². The highest BCUT2D eigenvalue weighted by Gasteiger charge is 2.14. The molecule has 6 nitrogen and oxygen atoms in total. The van der Waals surface area contributed by atoms with Crippen LogP contribution in [0.3, 0.4) is 0 Å². The zero-order valence-electron chi connectivity index (χ0n) is 10.9. The Morgan fingerprint density at radius 2 is 1.90 bits per heavy atom. The average molecular weight is 284 g/mol. The number of amides is 1. The van der Waals surface area contributed by atoms with Crippen LogP contribution in [-0.4, -0.2) is 22.0 Å². The van der Waals surface area contributed by atoms with E-state index in [4.69, 9.17) is 9.52 Å². The van der Waals surface area contributed by atoms with Crippen LogP contribution in [0.5, 0.6) is 0 Å². The lowest BCUT2D eigenvalue weighted by molar-refractivity contribution is 0.0659. The molecule has 6 heteroatoms. The van der Waals surface area contributed by atoms with E-state index in [0.29, 0.717) is 6.54 Å². The van der Waals surface area contributed by atoms with Crippen molar-refractivity contribution in [1.82, 2.24) is 10.3 Å². The molecule has 3 aromatic rings. The maximum atomic E-state index is 11.9. The first-order chi connectivity index (χ1) is 10.1. The van der Waals surface area contributed by atoms with E-state index >= 15 is 0 Å². The molecule has 1 aromatic carbocycles. The molecule has 0 atom stereocenters. The number of aromatic nitrogens is 1. The van der Waals surface area contributed by atoms with E-state index < -0.39 is 11.9 Å². The van der Waals surface area contributed by atoms with Crippen LogP contribution in [0.2, 0.25) is 0 Å². The smallest absolute Gasteiger partial charge is 0.371 e. The number of hydrogen-bond acceptors (Lipinski definition) is 3. The molecule has 0 bridgehead atoms. The van der Waals surface area contributed by atoms with Crippen LogP contribution >= 0.6 is 0 Å². The maximum Gasteiger partial charge on any atom is 0.371 e. The van der Waals surface area contributed by atoms with Crippen LogP contribution in [0.25, 0.3) is 10.9 Å². The van der Waals surface area contributed by atoms with Crippen molar-refractivity contribution in [2.45, 2.75) is 6.54 Å². The normalized spacial score (nSPS) is 10.7. The number of carboxylic acid groups (broad SMARTS) is 1. The van der Waals surface area contributed by atoms with Crippen molar-refractivity contribution in [2.75, 3.05) is 0 Å². The lowest BCUT2D eigenvalue weighted by atomic mass is 10.2. The molecule has 0 spiro atoms. The van der Waals surface area contributed by atoms with Gasteiger partial charge in [-0.2, -0.15) is 0 Å². The first-order valence-electron chi connectivity index (χ1n) is 6.31. The number of nitrogens with one attached hydrogen (secondary N) is 2. The highest BCUT2D eigenvalue weighted by atomic mass is 16.4. The molecule has 0 radical (unpaired) electrons. The van der Waals surface area contributed by atoms with Crippen LogP contribution in [0.15, 0.2) is 46.9 Å². The number of hydrogen-bond donors (Lipinski definition) is 3. The number of carbonyl (C=O) groups excluding carboxylic acids is 1. The van der Waals surface area contributed by atoms with Gasteiger partial charge >= 0.3 is 5.97 Å². The Kier molecular flexibility index (Phi) is 3.19. The fourth-order valence-corrected chi connectivity index (χ4v) is 2.07. The molecule has 3 rings (SSSR count). The number of aromatic carboxylic acids is 1. The zero-order valence-corrected chi connectivity index (χ0v) is 10.9. The number of aromatic amines is 1. The van der Waals surface area contributed by atoms with Crippen molar-refractivity contribution < 1.29 is 19.1 Å². The van der Waals surface area contributed by atoms with Gasteiger partial charge in [0.25, 0.3) is 5.91 Å². The second-order valence-electron chi connectivity index (χ2n) is 4.53. The van der Waals surface area contributed by atoms with Gasteiger partial charge in [0, 0.05) is 11.2 Å². The molecule has 2 aromatic heterocycles. The number of benzene rings is 1. The van der Waals surface area contributed by atoms with Gasteiger partial charge in [-0.3, -0.25) is 4.79 Å². The minimum absolute atomic E-state index is 0.0245. The predicted molar refractivity (Wildman–Crippen MR) is 75.1 cm³/mol. The first kappa shape index (κ1) is 13.0. The van der Waals surface area contributed by atoms with Crippen LogP contribution in [0.1, 0.15) is 26.8 Å². The minimum Gasteiger partial charge on any atom is -0.475 e. The van der Waals surface area contributed by atoms with Crippen LogP contribution in [-0.2, 0) is 6.54 Å². The zero-order chi connectivity index (χ0) is 14.8. The minimum atomic E-state index is -1.20. The van der Waals surface area contributed by atoms with E-state index in [1.165, 1.54) is 12.1 Å². The summed E-state index contributed by atoms with van der Waals surface area (Å²) in [7, 11) is 0. The number of rotatable bonds is 4. The van der Waals surface area contributed by atoms with Crippen molar-refractivity contribution in [3.63, 3.8) is 0 Å². The fourth-order valence-electron chi connectivity index (χ4n) is 2.07. The summed E-state index contributed by atoms with van der Waals surface area (Å²) in [6, 6.07) is 12.3. The Balaban J connectivity index is 1.68. The Morgan fingerprint density at radius 3 is 2.62 bits per heavy atom. The van der Waals surface area contributed by atoms with Crippen molar-refractivity contribution >= 4 is 22.8 Å². The molecule has 0 fully saturated rings. The third-order valence-electron chi connectivity index (χ3n) is 3.07. The second-order valence-corrected chi connectivity index (χ2v) is 4.53. The molecule has 21 heavy (non-hydrogen) atoms. The van der Waals surface area contributed by atoms with E-state index in [1.807, 2.05) is 30.3 Å². The maximum absolute atomic E-state index is 11.9. The number of carboxylic acids is 1. The van der Waals surface area contributed by atoms with E-state index in [2.05, 4.69) is 10.3 Å². The molecular formula is C15H12N2O4. The molecule has 3 N–H and O–H groups in total. The molecule has 0 aliphatic heterocycles. The molecular weight excluding hydrogens is 272 g/mol. The number of H-pyrrole nitrogens is 1. The Hall–Kier alpha value is -3.02. The van der Waals surface area contributed by atoms with Gasteiger partial charge in [-0.05, 0) is 29.7 Å². The second kappa shape index (κ2) is 5.16. The highest BCUT2D eigenvalue weighted by molar-refractivity contribution is 5.93. The van der Waals surface area contributed by atoms with Crippen molar-refractivity contribution in [3.05, 3.63) is 59.7 Å². The van der Waals surface area contributed by atoms with Gasteiger partial charge in [0.2, 0.25) is 5.76 Å². The lowest BCUT2D eigenvalue weighted by Gasteiger charge is -2.00. The summed E-state index contributed by atoms with van der Waals surface area (Å²) in [5.41, 5.74) is 1.85. The number of fused-ring (bicyclic) bond motifs is 1. The van der Waals surface area contributed by atoms with Gasteiger partial charge in [-0.15, -0.1) is 0 Å². The number of furan rings is 1. The molecule has 0 aliphatic rings. The van der Waals surface area contributed by atoms with Gasteiger partial charge < -0.3 is 19.8 Å².